The molecule has 0 amide bonds. The maximum atomic E-state index is 13.3. The highest BCUT2D eigenvalue weighted by atomic mass is 16.6. The van der Waals surface area contributed by atoms with Crippen molar-refractivity contribution >= 4 is 5.78 Å². The topological polar surface area (TPSA) is 107 Å². The molecule has 0 bridgehead atoms. The number of ketones is 1. The Hall–Kier alpha value is -0.790. The van der Waals surface area contributed by atoms with Crippen molar-refractivity contribution in [2.24, 2.45) is 16.7 Å². The Kier molecular flexibility index (Phi) is 4.13. The molecule has 2 aliphatic carbocycles. The SMILES string of the molecule is C=C[C@@]1(C)CC(=O)[C@]2(O)[C@@]3(C)[C@@H](O)CCC(C)(C)[C@@H]3[C@@H](O)[C@@H](O)[C@@]2(C)O1. The predicted octanol–water partition coefficient (Wildman–Crippen LogP) is 0.949. The number of Topliss-reactive ketones (excluding diaryl/α,β-unsaturated/α-hetero) is 1. The molecule has 6 heteroatoms. The van der Waals surface area contributed by atoms with Crippen molar-refractivity contribution in [3.05, 3.63) is 12.7 Å². The Morgan fingerprint density at radius 3 is 2.27 bits per heavy atom. The molecule has 0 aromatic rings. The molecule has 1 aliphatic heterocycles. The third-order valence-electron chi connectivity index (χ3n) is 7.76. The van der Waals surface area contributed by atoms with Crippen LogP contribution in [0.3, 0.4) is 0 Å². The van der Waals surface area contributed by atoms with Gasteiger partial charge in [0.05, 0.1) is 17.8 Å². The lowest BCUT2D eigenvalue weighted by Gasteiger charge is -2.71. The first-order valence-electron chi connectivity index (χ1n) is 9.35. The average Bonchev–Trinajstić information content (AvgIpc) is 2.54. The molecule has 0 spiro atoms. The highest BCUT2D eigenvalue weighted by Gasteiger charge is 2.80. The number of hydrogen-bond donors (Lipinski definition) is 4. The molecule has 26 heavy (non-hydrogen) atoms. The molecule has 6 nitrogen and oxygen atoms in total. The van der Waals surface area contributed by atoms with E-state index in [1.807, 2.05) is 13.8 Å². The second-order valence-electron chi connectivity index (χ2n) is 9.78. The van der Waals surface area contributed by atoms with Crippen molar-refractivity contribution in [3.8, 4) is 0 Å². The van der Waals surface area contributed by atoms with E-state index in [4.69, 9.17) is 4.74 Å². The van der Waals surface area contributed by atoms with Gasteiger partial charge in [0.15, 0.2) is 11.4 Å². The van der Waals surface area contributed by atoms with Crippen LogP contribution in [0.2, 0.25) is 0 Å². The first-order chi connectivity index (χ1) is 11.7. The highest BCUT2D eigenvalue weighted by Crippen LogP contribution is 2.66. The largest absolute Gasteiger partial charge is 0.392 e. The van der Waals surface area contributed by atoms with Crippen LogP contribution in [-0.2, 0) is 9.53 Å². The molecule has 3 aliphatic rings. The van der Waals surface area contributed by atoms with Gasteiger partial charge in [0.25, 0.3) is 0 Å². The first kappa shape index (κ1) is 20.0. The van der Waals surface area contributed by atoms with Gasteiger partial charge in [-0.2, -0.15) is 0 Å². The predicted molar refractivity (Wildman–Crippen MR) is 95.3 cm³/mol. The van der Waals surface area contributed by atoms with Crippen LogP contribution in [0.25, 0.3) is 0 Å². The van der Waals surface area contributed by atoms with Gasteiger partial charge >= 0.3 is 0 Å². The van der Waals surface area contributed by atoms with Crippen molar-refractivity contribution in [1.29, 1.82) is 0 Å². The second-order valence-corrected chi connectivity index (χ2v) is 9.78. The fraction of sp³-hybridized carbons (Fsp3) is 0.850. The van der Waals surface area contributed by atoms with Gasteiger partial charge in [-0.05, 0) is 32.1 Å². The summed E-state index contributed by atoms with van der Waals surface area (Å²) in [7, 11) is 0. The smallest absolute Gasteiger partial charge is 0.171 e. The van der Waals surface area contributed by atoms with Crippen LogP contribution in [0.5, 0.6) is 0 Å². The third kappa shape index (κ3) is 2.02. The van der Waals surface area contributed by atoms with E-state index in [1.165, 1.54) is 13.0 Å². The van der Waals surface area contributed by atoms with E-state index < -0.39 is 57.6 Å². The Bertz CT molecular complexity index is 646. The van der Waals surface area contributed by atoms with Gasteiger partial charge in [0, 0.05) is 17.8 Å². The molecule has 3 rings (SSSR count). The van der Waals surface area contributed by atoms with E-state index in [-0.39, 0.29) is 6.42 Å². The van der Waals surface area contributed by atoms with E-state index in [1.54, 1.807) is 13.8 Å². The zero-order chi connectivity index (χ0) is 19.9. The molecule has 1 saturated heterocycles. The third-order valence-corrected chi connectivity index (χ3v) is 7.76. The van der Waals surface area contributed by atoms with Crippen LogP contribution < -0.4 is 0 Å². The van der Waals surface area contributed by atoms with E-state index >= 15 is 0 Å². The number of aliphatic hydroxyl groups is 4. The van der Waals surface area contributed by atoms with Crippen molar-refractivity contribution < 1.29 is 30.0 Å². The summed E-state index contributed by atoms with van der Waals surface area (Å²) < 4.78 is 6.09. The number of ether oxygens (including phenoxy) is 1. The van der Waals surface area contributed by atoms with Gasteiger partial charge in [-0.3, -0.25) is 4.79 Å². The zero-order valence-corrected chi connectivity index (χ0v) is 16.3. The zero-order valence-electron chi connectivity index (χ0n) is 16.3. The van der Waals surface area contributed by atoms with E-state index in [2.05, 4.69) is 6.58 Å². The molecule has 2 saturated carbocycles. The van der Waals surface area contributed by atoms with E-state index in [9.17, 15) is 25.2 Å². The molecular weight excluding hydrogens is 336 g/mol. The summed E-state index contributed by atoms with van der Waals surface area (Å²) in [6, 6.07) is 0. The van der Waals surface area contributed by atoms with Gasteiger partial charge in [-0.1, -0.05) is 26.8 Å². The Labute approximate surface area is 154 Å². The summed E-state index contributed by atoms with van der Waals surface area (Å²) in [5.41, 5.74) is -6.82. The molecule has 0 unspecified atom stereocenters. The van der Waals surface area contributed by atoms with E-state index in [0.29, 0.717) is 12.8 Å². The van der Waals surface area contributed by atoms with Crippen LogP contribution in [0.15, 0.2) is 12.7 Å². The molecular formula is C20H32O6. The molecule has 4 N–H and O–H groups in total. The van der Waals surface area contributed by atoms with Crippen LogP contribution in [0, 0.1) is 16.7 Å². The molecule has 148 valence electrons. The lowest BCUT2D eigenvalue weighted by atomic mass is 9.40. The minimum Gasteiger partial charge on any atom is -0.392 e. The van der Waals surface area contributed by atoms with Gasteiger partial charge in [-0.15, -0.1) is 6.58 Å². The Morgan fingerprint density at radius 1 is 1.15 bits per heavy atom. The van der Waals surface area contributed by atoms with Crippen LogP contribution in [0.4, 0.5) is 0 Å². The first-order valence-corrected chi connectivity index (χ1v) is 9.35. The highest BCUT2D eigenvalue weighted by molar-refractivity contribution is 5.92. The minimum atomic E-state index is -2.14. The number of carbonyl (C=O) groups excluding carboxylic acids is 1. The average molecular weight is 368 g/mol. The summed E-state index contributed by atoms with van der Waals surface area (Å²) in [5.74, 6) is -1.17. The van der Waals surface area contributed by atoms with Crippen molar-refractivity contribution in [2.75, 3.05) is 0 Å². The van der Waals surface area contributed by atoms with Crippen molar-refractivity contribution in [2.45, 2.75) is 89.0 Å². The normalized spacial score (nSPS) is 56.4. The quantitative estimate of drug-likeness (QED) is 0.514. The number of aliphatic hydroxyl groups excluding tert-OH is 3. The summed E-state index contributed by atoms with van der Waals surface area (Å²) in [6.45, 7) is 12.3. The van der Waals surface area contributed by atoms with Gasteiger partial charge in [-0.25, -0.2) is 0 Å². The van der Waals surface area contributed by atoms with Crippen molar-refractivity contribution in [1.82, 2.24) is 0 Å². The maximum absolute atomic E-state index is 13.3. The molecule has 3 fully saturated rings. The Balaban J connectivity index is 2.29. The van der Waals surface area contributed by atoms with Crippen LogP contribution in [0.1, 0.15) is 53.9 Å². The minimum absolute atomic E-state index is 0.110. The van der Waals surface area contributed by atoms with Gasteiger partial charge in [0.1, 0.15) is 11.7 Å². The fourth-order valence-corrected chi connectivity index (χ4v) is 6.32. The molecule has 1 heterocycles. The standard InChI is InChI=1S/C20H32O6/c1-7-17(4)10-12(22)20(25)18(5)11(21)8-9-16(2,3)14(18)13(23)15(24)19(20,6)26-17/h7,11,13-15,21,23-25H,1,8-10H2,2-6H3/t11-,13+,14-,15+,17-,18-,19+,20-/m0/s1. The van der Waals surface area contributed by atoms with E-state index in [0.717, 1.165) is 0 Å². The number of rotatable bonds is 1. The summed E-state index contributed by atoms with van der Waals surface area (Å²) in [4.78, 5) is 13.3. The van der Waals surface area contributed by atoms with Crippen LogP contribution in [-0.4, -0.2) is 61.3 Å². The Morgan fingerprint density at radius 2 is 1.73 bits per heavy atom. The summed E-state index contributed by atoms with van der Waals surface area (Å²) >= 11 is 0. The fourth-order valence-electron chi connectivity index (χ4n) is 6.32. The maximum Gasteiger partial charge on any atom is 0.171 e. The lowest BCUT2D eigenvalue weighted by molar-refractivity contribution is -0.370. The number of fused-ring (bicyclic) bond motifs is 3. The summed E-state index contributed by atoms with van der Waals surface area (Å²) in [6.07, 6.45) is -1.37. The summed E-state index contributed by atoms with van der Waals surface area (Å²) in [5, 5.41) is 44.9. The van der Waals surface area contributed by atoms with Gasteiger partial charge in [0.2, 0.25) is 0 Å². The number of hydrogen-bond acceptors (Lipinski definition) is 6. The molecule has 0 radical (unpaired) electrons. The molecule has 0 aromatic heterocycles. The van der Waals surface area contributed by atoms with Crippen LogP contribution >= 0.6 is 0 Å². The van der Waals surface area contributed by atoms with Crippen molar-refractivity contribution in [3.63, 3.8) is 0 Å². The second kappa shape index (κ2) is 5.39. The monoisotopic (exact) mass is 368 g/mol. The molecule has 0 aromatic carbocycles. The lowest BCUT2D eigenvalue weighted by Crippen LogP contribution is -2.86. The molecule has 8 atom stereocenters. The van der Waals surface area contributed by atoms with Gasteiger partial charge < -0.3 is 25.2 Å². The number of carbonyl (C=O) groups is 1.